The first kappa shape index (κ1) is 10.3. The number of thioether (sulfide) groups is 1. The highest BCUT2D eigenvalue weighted by atomic mass is 32.2. The molecule has 0 saturated heterocycles. The summed E-state index contributed by atoms with van der Waals surface area (Å²) in [5, 5.41) is 0.578. The lowest BCUT2D eigenvalue weighted by molar-refractivity contribution is -0.109. The van der Waals surface area contributed by atoms with Crippen molar-refractivity contribution in [3.8, 4) is 0 Å². The summed E-state index contributed by atoms with van der Waals surface area (Å²) < 4.78 is 0. The van der Waals surface area contributed by atoms with Gasteiger partial charge in [0.2, 0.25) is 0 Å². The highest BCUT2D eigenvalue weighted by Crippen LogP contribution is 2.20. The molecule has 1 heterocycles. The number of thiophene rings is 1. The molecular weight excluding hydrogens is 206 g/mol. The number of anilines is 1. The van der Waals surface area contributed by atoms with Gasteiger partial charge in [0.1, 0.15) is 0 Å². The van der Waals surface area contributed by atoms with Crippen LogP contribution < -0.4 is 5.73 Å². The van der Waals surface area contributed by atoms with Crippen molar-refractivity contribution in [1.29, 1.82) is 0 Å². The first-order chi connectivity index (χ1) is 6.09. The molecule has 0 fully saturated rings. The molecule has 0 radical (unpaired) electrons. The second-order valence-corrected chi connectivity index (χ2v) is 4.67. The molecule has 0 aromatic carbocycles. The number of Topliss-reactive ketones (excluding diaryl/α,β-unsaturated/α-hetero) is 1. The molecule has 5 heteroatoms. The average Bonchev–Trinajstić information content (AvgIpc) is 2.47. The predicted octanol–water partition coefficient (Wildman–Crippen LogP) is 1.79. The van der Waals surface area contributed by atoms with Gasteiger partial charge < -0.3 is 5.73 Å². The molecule has 0 atom stereocenters. The molecule has 0 amide bonds. The van der Waals surface area contributed by atoms with E-state index in [1.54, 1.807) is 12.1 Å². The van der Waals surface area contributed by atoms with Gasteiger partial charge in [-0.05, 0) is 12.1 Å². The molecular formula is C8H9NO2S2. The van der Waals surface area contributed by atoms with E-state index in [0.29, 0.717) is 9.88 Å². The van der Waals surface area contributed by atoms with Crippen LogP contribution in [0.1, 0.15) is 16.6 Å². The Morgan fingerprint density at radius 3 is 2.69 bits per heavy atom. The quantitative estimate of drug-likeness (QED) is 0.781. The van der Waals surface area contributed by atoms with Crippen molar-refractivity contribution in [1.82, 2.24) is 0 Å². The van der Waals surface area contributed by atoms with Gasteiger partial charge >= 0.3 is 0 Å². The fraction of sp³-hybridized carbons (Fsp3) is 0.250. The first-order valence-electron chi connectivity index (χ1n) is 3.61. The van der Waals surface area contributed by atoms with Crippen LogP contribution in [0.4, 0.5) is 5.00 Å². The number of carbonyl (C=O) groups excluding carboxylic acids is 2. The lowest BCUT2D eigenvalue weighted by Crippen LogP contribution is -2.01. The molecule has 13 heavy (non-hydrogen) atoms. The third-order valence-corrected chi connectivity index (χ3v) is 3.08. The molecule has 2 N–H and O–H groups in total. The number of nitrogen functional groups attached to an aromatic ring is 1. The van der Waals surface area contributed by atoms with E-state index in [4.69, 9.17) is 5.73 Å². The van der Waals surface area contributed by atoms with Crippen LogP contribution in [0.3, 0.4) is 0 Å². The molecule has 1 aromatic heterocycles. The van der Waals surface area contributed by atoms with E-state index < -0.39 is 0 Å². The standard InChI is InChI=1S/C8H9NO2S2/c1-5(10)12-4-6(11)7-2-3-8(9)13-7/h2-3H,4,9H2,1H3. The minimum atomic E-state index is -0.0436. The monoisotopic (exact) mass is 215 g/mol. The van der Waals surface area contributed by atoms with Crippen LogP contribution in [-0.4, -0.2) is 16.7 Å². The highest BCUT2D eigenvalue weighted by molar-refractivity contribution is 8.14. The number of hydrogen-bond acceptors (Lipinski definition) is 5. The molecule has 0 saturated carbocycles. The van der Waals surface area contributed by atoms with Crippen molar-refractivity contribution < 1.29 is 9.59 Å². The van der Waals surface area contributed by atoms with Gasteiger partial charge in [-0.2, -0.15) is 0 Å². The van der Waals surface area contributed by atoms with Crippen molar-refractivity contribution in [3.05, 3.63) is 17.0 Å². The Hall–Kier alpha value is -0.810. The zero-order chi connectivity index (χ0) is 9.84. The third kappa shape index (κ3) is 3.20. The molecule has 3 nitrogen and oxygen atoms in total. The van der Waals surface area contributed by atoms with E-state index in [9.17, 15) is 9.59 Å². The van der Waals surface area contributed by atoms with Gasteiger partial charge in [-0.15, -0.1) is 11.3 Å². The van der Waals surface area contributed by atoms with Crippen LogP contribution in [0.2, 0.25) is 0 Å². The molecule has 0 aliphatic carbocycles. The Morgan fingerprint density at radius 1 is 1.54 bits per heavy atom. The third-order valence-electron chi connectivity index (χ3n) is 1.31. The van der Waals surface area contributed by atoms with Crippen LogP contribution in [0.5, 0.6) is 0 Å². The van der Waals surface area contributed by atoms with Crippen LogP contribution >= 0.6 is 23.1 Å². The molecule has 1 aromatic rings. The summed E-state index contributed by atoms with van der Waals surface area (Å²) in [7, 11) is 0. The number of hydrogen-bond donors (Lipinski definition) is 1. The second kappa shape index (κ2) is 4.43. The second-order valence-electron chi connectivity index (χ2n) is 2.41. The van der Waals surface area contributed by atoms with Crippen molar-refractivity contribution in [3.63, 3.8) is 0 Å². The molecule has 0 unspecified atom stereocenters. The fourth-order valence-electron chi connectivity index (χ4n) is 0.741. The minimum absolute atomic E-state index is 0.0399. The van der Waals surface area contributed by atoms with Crippen molar-refractivity contribution in [2.24, 2.45) is 0 Å². The lowest BCUT2D eigenvalue weighted by atomic mass is 10.3. The number of ketones is 1. The summed E-state index contributed by atoms with van der Waals surface area (Å²) in [6.07, 6.45) is 0. The molecule has 70 valence electrons. The van der Waals surface area contributed by atoms with Crippen molar-refractivity contribution >= 4 is 39.0 Å². The maximum absolute atomic E-state index is 11.3. The molecule has 0 spiro atoms. The van der Waals surface area contributed by atoms with E-state index in [0.717, 1.165) is 11.8 Å². The van der Waals surface area contributed by atoms with Gasteiger partial charge in [0.25, 0.3) is 0 Å². The maximum atomic E-state index is 11.3. The Bertz CT molecular complexity index is 333. The molecule has 0 bridgehead atoms. The Kier molecular flexibility index (Phi) is 3.50. The first-order valence-corrected chi connectivity index (χ1v) is 5.41. The van der Waals surface area contributed by atoms with Crippen LogP contribution in [0.25, 0.3) is 0 Å². The summed E-state index contributed by atoms with van der Waals surface area (Å²) in [5.41, 5.74) is 5.46. The number of carbonyl (C=O) groups is 2. The van der Waals surface area contributed by atoms with Gasteiger partial charge in [0.05, 0.1) is 15.6 Å². The van der Waals surface area contributed by atoms with Gasteiger partial charge in [0, 0.05) is 6.92 Å². The van der Waals surface area contributed by atoms with Crippen molar-refractivity contribution in [2.75, 3.05) is 11.5 Å². The molecule has 1 rings (SSSR count). The number of nitrogens with two attached hydrogens (primary N) is 1. The summed E-state index contributed by atoms with van der Waals surface area (Å²) >= 11 is 2.27. The van der Waals surface area contributed by atoms with E-state index in [-0.39, 0.29) is 16.7 Å². The van der Waals surface area contributed by atoms with Crippen LogP contribution in [-0.2, 0) is 4.79 Å². The molecule has 0 aliphatic heterocycles. The number of rotatable bonds is 3. The van der Waals surface area contributed by atoms with Gasteiger partial charge in [-0.25, -0.2) is 0 Å². The largest absolute Gasteiger partial charge is 0.391 e. The zero-order valence-electron chi connectivity index (χ0n) is 7.07. The van der Waals surface area contributed by atoms with Gasteiger partial charge in [-0.1, -0.05) is 11.8 Å². The van der Waals surface area contributed by atoms with Crippen LogP contribution in [0, 0.1) is 0 Å². The average molecular weight is 215 g/mol. The summed E-state index contributed by atoms with van der Waals surface area (Å²) in [5.74, 6) is 0.164. The van der Waals surface area contributed by atoms with Crippen LogP contribution in [0.15, 0.2) is 12.1 Å². The van der Waals surface area contributed by atoms with Crippen molar-refractivity contribution in [2.45, 2.75) is 6.92 Å². The highest BCUT2D eigenvalue weighted by Gasteiger charge is 2.09. The summed E-state index contributed by atoms with van der Waals surface area (Å²) in [6.45, 7) is 1.45. The maximum Gasteiger partial charge on any atom is 0.186 e. The topological polar surface area (TPSA) is 60.2 Å². The van der Waals surface area contributed by atoms with E-state index in [1.807, 2.05) is 0 Å². The SMILES string of the molecule is CC(=O)SCC(=O)c1ccc(N)s1. The fourth-order valence-corrected chi connectivity index (χ4v) is 2.03. The molecule has 0 aliphatic rings. The normalized spacial score (nSPS) is 9.92. The summed E-state index contributed by atoms with van der Waals surface area (Å²) in [6, 6.07) is 3.37. The van der Waals surface area contributed by atoms with E-state index in [2.05, 4.69) is 0 Å². The Balaban J connectivity index is 2.54. The Labute approximate surface area is 84.3 Å². The Morgan fingerprint density at radius 2 is 2.23 bits per heavy atom. The summed E-state index contributed by atoms with van der Waals surface area (Å²) in [4.78, 5) is 22.5. The van der Waals surface area contributed by atoms with E-state index in [1.165, 1.54) is 18.3 Å². The lowest BCUT2D eigenvalue weighted by Gasteiger charge is -1.93. The predicted molar refractivity (Wildman–Crippen MR) is 56.2 cm³/mol. The van der Waals surface area contributed by atoms with Gasteiger partial charge in [0.15, 0.2) is 10.9 Å². The smallest absolute Gasteiger partial charge is 0.186 e. The minimum Gasteiger partial charge on any atom is -0.391 e. The van der Waals surface area contributed by atoms with E-state index >= 15 is 0 Å². The zero-order valence-corrected chi connectivity index (χ0v) is 8.71. The van der Waals surface area contributed by atoms with Gasteiger partial charge in [-0.3, -0.25) is 9.59 Å².